The number of aryl methyl sites for hydroxylation is 1. The number of aromatic nitrogens is 3. The van der Waals surface area contributed by atoms with Gasteiger partial charge in [-0.2, -0.15) is 9.78 Å². The summed E-state index contributed by atoms with van der Waals surface area (Å²) in [6, 6.07) is 12.4. The summed E-state index contributed by atoms with van der Waals surface area (Å²) in [6.07, 6.45) is 0.681. The van der Waals surface area contributed by atoms with Crippen molar-refractivity contribution in [3.63, 3.8) is 0 Å². The minimum atomic E-state index is -0.775. The first kappa shape index (κ1) is 20.2. The fourth-order valence-corrected chi connectivity index (χ4v) is 2.75. The molecule has 8 heteroatoms. The van der Waals surface area contributed by atoms with Crippen LogP contribution in [0.3, 0.4) is 0 Å². The maximum Gasteiger partial charge on any atom is 0.352 e. The van der Waals surface area contributed by atoms with Crippen LogP contribution >= 0.6 is 0 Å². The molecule has 3 rings (SSSR count). The van der Waals surface area contributed by atoms with Gasteiger partial charge in [-0.1, -0.05) is 36.8 Å². The molecular weight excluding hydrogens is 375 g/mol. The summed E-state index contributed by atoms with van der Waals surface area (Å²) in [5.41, 5.74) is 0.135. The van der Waals surface area contributed by atoms with Gasteiger partial charge in [-0.3, -0.25) is 14.2 Å². The van der Waals surface area contributed by atoms with E-state index in [2.05, 4.69) is 10.4 Å². The molecule has 0 aliphatic rings. The van der Waals surface area contributed by atoms with Gasteiger partial charge in [-0.15, -0.1) is 0 Å². The molecule has 2 aromatic carbocycles. The van der Waals surface area contributed by atoms with E-state index >= 15 is 0 Å². The van der Waals surface area contributed by atoms with E-state index in [0.29, 0.717) is 13.0 Å². The zero-order valence-corrected chi connectivity index (χ0v) is 16.2. The van der Waals surface area contributed by atoms with Crippen molar-refractivity contribution in [1.82, 2.24) is 19.7 Å². The molecule has 3 aromatic rings. The summed E-state index contributed by atoms with van der Waals surface area (Å²) in [5.74, 6) is -1.14. The second kappa shape index (κ2) is 8.64. The van der Waals surface area contributed by atoms with Gasteiger partial charge in [0.15, 0.2) is 0 Å². The molecule has 0 unspecified atom stereocenters. The van der Waals surface area contributed by atoms with Crippen LogP contribution in [0.4, 0.5) is 4.39 Å². The molecule has 0 saturated heterocycles. The van der Waals surface area contributed by atoms with Crippen LogP contribution in [0.5, 0.6) is 0 Å². The van der Waals surface area contributed by atoms with Crippen molar-refractivity contribution < 1.29 is 9.18 Å². The van der Waals surface area contributed by atoms with Crippen molar-refractivity contribution in [2.75, 3.05) is 6.54 Å². The number of nitrogens with zero attached hydrogens (tertiary/aromatic N) is 3. The molecular formula is C21H21FN4O3. The van der Waals surface area contributed by atoms with Crippen molar-refractivity contribution in [1.29, 1.82) is 0 Å². The van der Waals surface area contributed by atoms with Crippen molar-refractivity contribution in [2.24, 2.45) is 0 Å². The summed E-state index contributed by atoms with van der Waals surface area (Å²) in [5, 5.41) is 6.58. The second-order valence-corrected chi connectivity index (χ2v) is 6.65. The Kier molecular flexibility index (Phi) is 6.01. The topological polar surface area (TPSA) is 86.0 Å². The molecule has 0 saturated carbocycles. The monoisotopic (exact) mass is 396 g/mol. The third-order valence-electron chi connectivity index (χ3n) is 4.34. The number of rotatable bonds is 6. The molecule has 0 aliphatic heterocycles. The minimum absolute atomic E-state index is 0.0181. The maximum atomic E-state index is 13.3. The number of halogens is 1. The Morgan fingerprint density at radius 2 is 1.72 bits per heavy atom. The van der Waals surface area contributed by atoms with Crippen LogP contribution in [-0.4, -0.2) is 26.8 Å². The van der Waals surface area contributed by atoms with Crippen molar-refractivity contribution >= 4 is 5.91 Å². The van der Waals surface area contributed by atoms with Crippen LogP contribution < -0.4 is 16.6 Å². The average Bonchev–Trinajstić information content (AvgIpc) is 2.71. The lowest BCUT2D eigenvalue weighted by molar-refractivity contribution is 0.0944. The molecule has 1 N–H and O–H groups in total. The van der Waals surface area contributed by atoms with Gasteiger partial charge in [0.1, 0.15) is 5.82 Å². The Bertz CT molecular complexity index is 1130. The molecule has 1 aromatic heterocycles. The standard InChI is InChI=1S/C21H21FN4O3/c1-3-12-23-19(27)18-20(28)25(13-15-6-4-14(2)5-7-15)21(29)26(24-18)17-10-8-16(22)9-11-17/h4-11H,3,12-13H2,1-2H3,(H,23,27). The van der Waals surface area contributed by atoms with Crippen LogP contribution in [0.25, 0.3) is 5.69 Å². The lowest BCUT2D eigenvalue weighted by atomic mass is 10.1. The number of carbonyl (C=O) groups is 1. The van der Waals surface area contributed by atoms with E-state index in [1.807, 2.05) is 26.0 Å². The van der Waals surface area contributed by atoms with Gasteiger partial charge in [0, 0.05) is 6.54 Å². The van der Waals surface area contributed by atoms with Crippen LogP contribution in [-0.2, 0) is 6.54 Å². The lowest BCUT2D eigenvalue weighted by Gasteiger charge is -2.12. The minimum Gasteiger partial charge on any atom is -0.350 e. The first-order chi connectivity index (χ1) is 13.9. The van der Waals surface area contributed by atoms with Crippen LogP contribution in [0, 0.1) is 12.7 Å². The highest BCUT2D eigenvalue weighted by molar-refractivity contribution is 5.91. The summed E-state index contributed by atoms with van der Waals surface area (Å²) in [6.45, 7) is 4.16. The Labute approximate surface area is 166 Å². The zero-order valence-electron chi connectivity index (χ0n) is 16.2. The zero-order chi connectivity index (χ0) is 21.0. The Morgan fingerprint density at radius 1 is 1.07 bits per heavy atom. The number of benzene rings is 2. The summed E-state index contributed by atoms with van der Waals surface area (Å²) in [7, 11) is 0. The molecule has 0 fully saturated rings. The van der Waals surface area contributed by atoms with E-state index < -0.39 is 28.7 Å². The van der Waals surface area contributed by atoms with Gasteiger partial charge in [-0.05, 0) is 43.2 Å². The van der Waals surface area contributed by atoms with Gasteiger partial charge in [0.2, 0.25) is 5.69 Å². The SMILES string of the molecule is CCCNC(=O)c1nn(-c2ccc(F)cc2)c(=O)n(Cc2ccc(C)cc2)c1=O. The predicted molar refractivity (Wildman–Crippen MR) is 107 cm³/mol. The molecule has 150 valence electrons. The first-order valence-corrected chi connectivity index (χ1v) is 9.24. The van der Waals surface area contributed by atoms with Gasteiger partial charge < -0.3 is 5.32 Å². The van der Waals surface area contributed by atoms with E-state index in [1.54, 1.807) is 12.1 Å². The molecule has 0 bridgehead atoms. The van der Waals surface area contributed by atoms with Crippen LogP contribution in [0.15, 0.2) is 58.1 Å². The van der Waals surface area contributed by atoms with E-state index in [0.717, 1.165) is 20.4 Å². The molecule has 0 spiro atoms. The van der Waals surface area contributed by atoms with Gasteiger partial charge in [0.05, 0.1) is 12.2 Å². The smallest absolute Gasteiger partial charge is 0.350 e. The largest absolute Gasteiger partial charge is 0.352 e. The third kappa shape index (κ3) is 4.48. The van der Waals surface area contributed by atoms with Gasteiger partial charge >= 0.3 is 5.69 Å². The van der Waals surface area contributed by atoms with Crippen molar-refractivity contribution in [2.45, 2.75) is 26.8 Å². The van der Waals surface area contributed by atoms with Gasteiger partial charge in [0.25, 0.3) is 11.5 Å². The summed E-state index contributed by atoms with van der Waals surface area (Å²) < 4.78 is 15.2. The number of hydrogen-bond donors (Lipinski definition) is 1. The molecule has 0 aliphatic carbocycles. The van der Waals surface area contributed by atoms with E-state index in [1.165, 1.54) is 24.3 Å². The number of amides is 1. The first-order valence-electron chi connectivity index (χ1n) is 9.24. The Morgan fingerprint density at radius 3 is 2.34 bits per heavy atom. The van der Waals surface area contributed by atoms with E-state index in [-0.39, 0.29) is 12.2 Å². The third-order valence-corrected chi connectivity index (χ3v) is 4.34. The molecule has 0 atom stereocenters. The lowest BCUT2D eigenvalue weighted by Crippen LogP contribution is -2.46. The molecule has 1 amide bonds. The maximum absolute atomic E-state index is 13.3. The molecule has 1 heterocycles. The van der Waals surface area contributed by atoms with Crippen LogP contribution in [0.2, 0.25) is 0 Å². The fraction of sp³-hybridized carbons (Fsp3) is 0.238. The highest BCUT2D eigenvalue weighted by Crippen LogP contribution is 2.07. The number of carbonyl (C=O) groups excluding carboxylic acids is 1. The average molecular weight is 396 g/mol. The van der Waals surface area contributed by atoms with Gasteiger partial charge in [-0.25, -0.2) is 9.18 Å². The normalized spacial score (nSPS) is 10.7. The molecule has 7 nitrogen and oxygen atoms in total. The second-order valence-electron chi connectivity index (χ2n) is 6.65. The number of hydrogen-bond acceptors (Lipinski definition) is 4. The highest BCUT2D eigenvalue weighted by atomic mass is 19.1. The molecule has 0 radical (unpaired) electrons. The van der Waals surface area contributed by atoms with E-state index in [4.69, 9.17) is 0 Å². The Hall–Kier alpha value is -3.55. The van der Waals surface area contributed by atoms with Crippen molar-refractivity contribution in [3.8, 4) is 5.69 Å². The summed E-state index contributed by atoms with van der Waals surface area (Å²) in [4.78, 5) is 38.3. The van der Waals surface area contributed by atoms with E-state index in [9.17, 15) is 18.8 Å². The van der Waals surface area contributed by atoms with Crippen LogP contribution in [0.1, 0.15) is 35.0 Å². The Balaban J connectivity index is 2.16. The fourth-order valence-electron chi connectivity index (χ4n) is 2.75. The number of nitrogens with one attached hydrogen (secondary N) is 1. The summed E-state index contributed by atoms with van der Waals surface area (Å²) >= 11 is 0. The molecule has 29 heavy (non-hydrogen) atoms. The highest BCUT2D eigenvalue weighted by Gasteiger charge is 2.20. The predicted octanol–water partition coefficient (Wildman–Crippen LogP) is 2.03. The van der Waals surface area contributed by atoms with Crippen molar-refractivity contribution in [3.05, 3.63) is 92.0 Å². The quantitative estimate of drug-likeness (QED) is 0.691.